The highest BCUT2D eigenvalue weighted by Gasteiger charge is 2.51. The van der Waals surface area contributed by atoms with Crippen LogP contribution in [0, 0.1) is 5.92 Å². The van der Waals surface area contributed by atoms with Gasteiger partial charge in [0.05, 0.1) is 12.6 Å². The van der Waals surface area contributed by atoms with Crippen LogP contribution in [0.3, 0.4) is 0 Å². The molecule has 3 amide bonds. The van der Waals surface area contributed by atoms with E-state index in [0.717, 1.165) is 5.69 Å². The highest BCUT2D eigenvalue weighted by atomic mass is 16.2. The second-order valence-corrected chi connectivity index (χ2v) is 9.46. The zero-order chi connectivity index (χ0) is 24.3. The molecule has 0 aliphatic carbocycles. The van der Waals surface area contributed by atoms with Gasteiger partial charge in [0.2, 0.25) is 11.8 Å². The van der Waals surface area contributed by atoms with Gasteiger partial charge < -0.3 is 25.8 Å². The van der Waals surface area contributed by atoms with E-state index in [-0.39, 0.29) is 55.0 Å². The third kappa shape index (κ3) is 5.35. The molecular formula is C24H35N5O4. The number of nitrogens with one attached hydrogen (secondary N) is 1. The van der Waals surface area contributed by atoms with E-state index in [2.05, 4.69) is 5.32 Å². The molecule has 0 saturated carbocycles. The van der Waals surface area contributed by atoms with E-state index < -0.39 is 12.1 Å². The maximum atomic E-state index is 13.5. The number of carbonyl (C=O) groups excluding carboxylic acids is 4. The molecule has 180 valence electrons. The number of benzene rings is 1. The Balaban J connectivity index is 1.75. The van der Waals surface area contributed by atoms with Crippen molar-refractivity contribution in [2.24, 2.45) is 11.7 Å². The van der Waals surface area contributed by atoms with E-state index >= 15 is 0 Å². The molecule has 0 spiro atoms. The molecule has 2 aliphatic rings. The van der Waals surface area contributed by atoms with Gasteiger partial charge in [-0.15, -0.1) is 0 Å². The normalized spacial score (nSPS) is 20.7. The summed E-state index contributed by atoms with van der Waals surface area (Å²) in [4.78, 5) is 56.6. The van der Waals surface area contributed by atoms with Crippen molar-refractivity contribution in [3.8, 4) is 0 Å². The molecule has 1 aromatic rings. The van der Waals surface area contributed by atoms with E-state index in [1.54, 1.807) is 21.9 Å². The lowest BCUT2D eigenvalue weighted by Gasteiger charge is -2.29. The van der Waals surface area contributed by atoms with E-state index in [1.807, 2.05) is 45.0 Å². The van der Waals surface area contributed by atoms with Crippen molar-refractivity contribution >= 4 is 29.2 Å². The zero-order valence-corrected chi connectivity index (χ0v) is 19.9. The Kier molecular flexibility index (Phi) is 7.73. The molecule has 3 rings (SSSR count). The van der Waals surface area contributed by atoms with E-state index in [9.17, 15) is 19.2 Å². The molecule has 33 heavy (non-hydrogen) atoms. The summed E-state index contributed by atoms with van der Waals surface area (Å²) in [7, 11) is 3.84. The van der Waals surface area contributed by atoms with Crippen LogP contribution in [0.4, 0.5) is 5.69 Å². The summed E-state index contributed by atoms with van der Waals surface area (Å²) in [6.45, 7) is 4.59. The van der Waals surface area contributed by atoms with Crippen molar-refractivity contribution in [3.63, 3.8) is 0 Å². The minimum Gasteiger partial charge on any atom is -0.378 e. The fraction of sp³-hybridized carbons (Fsp3) is 0.583. The molecule has 0 bridgehead atoms. The molecule has 2 heterocycles. The van der Waals surface area contributed by atoms with E-state index in [4.69, 9.17) is 5.73 Å². The van der Waals surface area contributed by atoms with Crippen molar-refractivity contribution in [2.45, 2.75) is 51.2 Å². The monoisotopic (exact) mass is 457 g/mol. The number of nitrogens with two attached hydrogens (primary N) is 1. The Morgan fingerprint density at radius 2 is 1.82 bits per heavy atom. The Hall–Kier alpha value is -2.94. The molecule has 3 atom stereocenters. The number of nitrogens with zero attached hydrogens (tertiary/aromatic N) is 3. The van der Waals surface area contributed by atoms with Gasteiger partial charge in [-0.2, -0.15) is 0 Å². The molecule has 9 nitrogen and oxygen atoms in total. The largest absolute Gasteiger partial charge is 0.378 e. The fourth-order valence-electron chi connectivity index (χ4n) is 4.70. The quantitative estimate of drug-likeness (QED) is 0.591. The van der Waals surface area contributed by atoms with Crippen LogP contribution in [0.5, 0.6) is 0 Å². The summed E-state index contributed by atoms with van der Waals surface area (Å²) >= 11 is 0. The number of anilines is 1. The number of Topliss-reactive ketones (excluding diaryl/α,β-unsaturated/α-hetero) is 1. The average Bonchev–Trinajstić information content (AvgIpc) is 3.34. The van der Waals surface area contributed by atoms with Crippen LogP contribution in [0.2, 0.25) is 0 Å². The smallest absolute Gasteiger partial charge is 0.251 e. The summed E-state index contributed by atoms with van der Waals surface area (Å²) in [5, 5.41) is 2.89. The first-order chi connectivity index (χ1) is 15.6. The number of ketones is 1. The van der Waals surface area contributed by atoms with Crippen molar-refractivity contribution < 1.29 is 19.2 Å². The van der Waals surface area contributed by atoms with Gasteiger partial charge in [0, 0.05) is 44.9 Å². The lowest BCUT2D eigenvalue weighted by atomic mass is 10.0. The first-order valence-electron chi connectivity index (χ1n) is 11.5. The van der Waals surface area contributed by atoms with Crippen molar-refractivity contribution in [2.75, 3.05) is 38.6 Å². The SMILES string of the molecule is CC(C)CC(NC(=O)c1ccc(N(C)C)cc1)C(=O)N1CC[C@@H]2[C@H]1C(=O)CN2C(=O)CCN. The minimum atomic E-state index is -0.744. The summed E-state index contributed by atoms with van der Waals surface area (Å²) < 4.78 is 0. The first kappa shape index (κ1) is 24.7. The molecule has 2 saturated heterocycles. The van der Waals surface area contributed by atoms with Crippen molar-refractivity contribution in [1.29, 1.82) is 0 Å². The third-order valence-corrected chi connectivity index (χ3v) is 6.34. The van der Waals surface area contributed by atoms with Gasteiger partial charge in [0.15, 0.2) is 5.78 Å². The van der Waals surface area contributed by atoms with Crippen LogP contribution in [0.25, 0.3) is 0 Å². The molecule has 2 fully saturated rings. The van der Waals surface area contributed by atoms with Crippen LogP contribution in [0.15, 0.2) is 24.3 Å². The number of amides is 3. The molecule has 2 aliphatic heterocycles. The van der Waals surface area contributed by atoms with Gasteiger partial charge in [-0.25, -0.2) is 0 Å². The van der Waals surface area contributed by atoms with E-state index in [0.29, 0.717) is 24.9 Å². The molecule has 3 N–H and O–H groups in total. The molecule has 1 aromatic carbocycles. The maximum absolute atomic E-state index is 13.5. The van der Waals surface area contributed by atoms with Crippen LogP contribution < -0.4 is 16.0 Å². The highest BCUT2D eigenvalue weighted by Crippen LogP contribution is 2.31. The number of fused-ring (bicyclic) bond motifs is 1. The van der Waals surface area contributed by atoms with Gasteiger partial charge in [0.25, 0.3) is 5.91 Å². The lowest BCUT2D eigenvalue weighted by Crippen LogP contribution is -2.53. The molecule has 0 radical (unpaired) electrons. The predicted molar refractivity (Wildman–Crippen MR) is 126 cm³/mol. The number of likely N-dealkylation sites (tertiary alicyclic amines) is 2. The molecule has 0 aromatic heterocycles. The maximum Gasteiger partial charge on any atom is 0.251 e. The predicted octanol–water partition coefficient (Wildman–Crippen LogP) is 0.627. The Morgan fingerprint density at radius 1 is 1.15 bits per heavy atom. The van der Waals surface area contributed by atoms with Gasteiger partial charge in [0.1, 0.15) is 12.1 Å². The van der Waals surface area contributed by atoms with Gasteiger partial charge in [-0.3, -0.25) is 19.2 Å². The van der Waals surface area contributed by atoms with Gasteiger partial charge >= 0.3 is 0 Å². The van der Waals surface area contributed by atoms with Crippen LogP contribution in [-0.2, 0) is 14.4 Å². The van der Waals surface area contributed by atoms with E-state index in [1.165, 1.54) is 0 Å². The Morgan fingerprint density at radius 3 is 2.39 bits per heavy atom. The van der Waals surface area contributed by atoms with Crippen molar-refractivity contribution in [1.82, 2.24) is 15.1 Å². The van der Waals surface area contributed by atoms with Crippen LogP contribution in [0.1, 0.15) is 43.5 Å². The lowest BCUT2D eigenvalue weighted by molar-refractivity contribution is -0.138. The average molecular weight is 458 g/mol. The molecular weight excluding hydrogens is 422 g/mol. The van der Waals surface area contributed by atoms with Gasteiger partial charge in [-0.1, -0.05) is 13.8 Å². The second kappa shape index (κ2) is 10.3. The summed E-state index contributed by atoms with van der Waals surface area (Å²) in [5.74, 6) is -0.717. The molecule has 9 heteroatoms. The van der Waals surface area contributed by atoms with Crippen LogP contribution >= 0.6 is 0 Å². The second-order valence-electron chi connectivity index (χ2n) is 9.46. The van der Waals surface area contributed by atoms with Gasteiger partial charge in [-0.05, 0) is 43.0 Å². The standard InChI is InChI=1S/C24H35N5O4/c1-15(2)13-18(26-23(32)16-5-7-17(8-6-16)27(3)4)24(33)28-12-10-19-22(28)20(30)14-29(19)21(31)9-11-25/h5-8,15,18-19,22H,9-14,25H2,1-4H3,(H,26,32)/t18?,19-,22+/m1/s1. The van der Waals surface area contributed by atoms with Crippen molar-refractivity contribution in [3.05, 3.63) is 29.8 Å². The number of carbonyl (C=O) groups is 4. The highest BCUT2D eigenvalue weighted by molar-refractivity contribution is 6.01. The first-order valence-corrected chi connectivity index (χ1v) is 11.5. The Labute approximate surface area is 195 Å². The summed E-state index contributed by atoms with van der Waals surface area (Å²) in [6.07, 6.45) is 1.19. The number of hydrogen-bond acceptors (Lipinski definition) is 6. The summed E-state index contributed by atoms with van der Waals surface area (Å²) in [6, 6.07) is 5.46. The fourth-order valence-corrected chi connectivity index (χ4v) is 4.70. The molecule has 1 unspecified atom stereocenters. The Bertz CT molecular complexity index is 899. The van der Waals surface area contributed by atoms with Crippen LogP contribution in [-0.4, -0.2) is 85.2 Å². The zero-order valence-electron chi connectivity index (χ0n) is 19.9. The number of rotatable bonds is 8. The summed E-state index contributed by atoms with van der Waals surface area (Å²) in [5.41, 5.74) is 6.95. The minimum absolute atomic E-state index is 0.0113. The topological polar surface area (TPSA) is 116 Å². The third-order valence-electron chi connectivity index (χ3n) is 6.34. The number of hydrogen-bond donors (Lipinski definition) is 2.